The molecule has 0 aromatic rings. The Morgan fingerprint density at radius 3 is 2.09 bits per heavy atom. The summed E-state index contributed by atoms with van der Waals surface area (Å²) < 4.78 is 37.5. The summed E-state index contributed by atoms with van der Waals surface area (Å²) in [5, 5.41) is -5.77. The Morgan fingerprint density at radius 2 is 1.91 bits per heavy atom. The van der Waals surface area contributed by atoms with Gasteiger partial charge in [-0.25, -0.2) is 4.39 Å². The number of hydrogen-bond acceptors (Lipinski definition) is 2. The van der Waals surface area contributed by atoms with Gasteiger partial charge in [-0.3, -0.25) is 4.79 Å². The molecule has 0 radical (unpaired) electrons. The highest BCUT2D eigenvalue weighted by molar-refractivity contribution is 8.02. The average molecular weight is 182 g/mol. The van der Waals surface area contributed by atoms with Gasteiger partial charge >= 0.3 is 5.25 Å². The molecule has 11 heavy (non-hydrogen) atoms. The molecule has 1 aliphatic heterocycles. The van der Waals surface area contributed by atoms with Crippen LogP contribution in [0.5, 0.6) is 0 Å². The number of ketones is 1. The van der Waals surface area contributed by atoms with Gasteiger partial charge in [0.15, 0.2) is 5.78 Å². The lowest BCUT2D eigenvalue weighted by atomic mass is 10.2. The quantitative estimate of drug-likeness (QED) is 0.578. The van der Waals surface area contributed by atoms with Gasteiger partial charge in [0.25, 0.3) is 0 Å². The van der Waals surface area contributed by atoms with Gasteiger partial charge in [-0.05, 0) is 30.8 Å². The van der Waals surface area contributed by atoms with Crippen LogP contribution in [0.3, 0.4) is 0 Å². The number of halogens is 3. The van der Waals surface area contributed by atoms with Crippen LogP contribution in [0.15, 0.2) is 12.2 Å². The number of alkyl halides is 3. The number of rotatable bonds is 1. The van der Waals surface area contributed by atoms with Crippen LogP contribution >= 0.6 is 11.8 Å². The SMILES string of the molecule is CC(=O)C1(F)C=CC(F)(F)S1. The van der Waals surface area contributed by atoms with Gasteiger partial charge in [-0.1, -0.05) is 0 Å². The molecule has 0 aliphatic carbocycles. The molecule has 0 amide bonds. The van der Waals surface area contributed by atoms with Crippen LogP contribution in [-0.2, 0) is 4.79 Å². The highest BCUT2D eigenvalue weighted by Crippen LogP contribution is 2.48. The highest BCUT2D eigenvalue weighted by atomic mass is 32.2. The summed E-state index contributed by atoms with van der Waals surface area (Å²) in [6.45, 7) is 0.943. The van der Waals surface area contributed by atoms with Crippen molar-refractivity contribution in [2.24, 2.45) is 0 Å². The van der Waals surface area contributed by atoms with Crippen molar-refractivity contribution >= 4 is 17.5 Å². The molecule has 1 aliphatic rings. The summed E-state index contributed by atoms with van der Waals surface area (Å²) in [7, 11) is 0. The average Bonchev–Trinajstić information content (AvgIpc) is 2.08. The third-order valence-electron chi connectivity index (χ3n) is 1.26. The molecule has 1 nitrogen and oxygen atoms in total. The molecule has 1 rings (SSSR count). The maximum atomic E-state index is 13.0. The topological polar surface area (TPSA) is 17.1 Å². The molecule has 1 atom stereocenters. The Kier molecular flexibility index (Phi) is 1.78. The lowest BCUT2D eigenvalue weighted by Gasteiger charge is -2.13. The molecule has 0 spiro atoms. The molecule has 0 N–H and O–H groups in total. The van der Waals surface area contributed by atoms with Crippen LogP contribution in [0.2, 0.25) is 0 Å². The van der Waals surface area contributed by atoms with Crippen LogP contribution in [0.1, 0.15) is 6.92 Å². The first kappa shape index (κ1) is 8.64. The van der Waals surface area contributed by atoms with Gasteiger partial charge < -0.3 is 0 Å². The number of carbonyl (C=O) groups excluding carboxylic acids is 1. The van der Waals surface area contributed by atoms with Gasteiger partial charge in [-0.15, -0.1) is 0 Å². The standard InChI is InChI=1S/C6H5F3OS/c1-4(10)5(7)2-3-6(8,9)11-5/h2-3H,1H3. The zero-order valence-electron chi connectivity index (χ0n) is 5.61. The van der Waals surface area contributed by atoms with Crippen LogP contribution in [0, 0.1) is 0 Å². The van der Waals surface area contributed by atoms with E-state index in [2.05, 4.69) is 0 Å². The minimum absolute atomic E-state index is 0.282. The van der Waals surface area contributed by atoms with E-state index in [4.69, 9.17) is 0 Å². The summed E-state index contributed by atoms with van der Waals surface area (Å²) in [5.74, 6) is -0.907. The summed E-state index contributed by atoms with van der Waals surface area (Å²) in [6, 6.07) is 0. The fourth-order valence-electron chi connectivity index (χ4n) is 0.659. The Hall–Kier alpha value is -0.450. The number of carbonyl (C=O) groups is 1. The molecular weight excluding hydrogens is 177 g/mol. The molecule has 1 heterocycles. The molecule has 0 saturated carbocycles. The van der Waals surface area contributed by atoms with E-state index in [1.807, 2.05) is 0 Å². The number of hydrogen-bond donors (Lipinski definition) is 0. The minimum Gasteiger partial charge on any atom is -0.295 e. The Balaban J connectivity index is 2.84. The normalized spacial score (nSPS) is 34.2. The molecule has 0 fully saturated rings. The molecule has 62 valence electrons. The lowest BCUT2D eigenvalue weighted by molar-refractivity contribution is -0.121. The van der Waals surface area contributed by atoms with Crippen molar-refractivity contribution in [1.29, 1.82) is 0 Å². The van der Waals surface area contributed by atoms with Crippen molar-refractivity contribution in [3.05, 3.63) is 12.2 Å². The van der Waals surface area contributed by atoms with Gasteiger partial charge in [0.2, 0.25) is 5.00 Å². The third-order valence-corrected chi connectivity index (χ3v) is 2.39. The molecular formula is C6H5F3OS. The molecule has 5 heteroatoms. The maximum Gasteiger partial charge on any atom is 0.316 e. The molecule has 0 bridgehead atoms. The molecule has 1 unspecified atom stereocenters. The number of thioether (sulfide) groups is 1. The van der Waals surface area contributed by atoms with Crippen LogP contribution in [0.25, 0.3) is 0 Å². The summed E-state index contributed by atoms with van der Waals surface area (Å²) in [4.78, 5) is 10.5. The van der Waals surface area contributed by atoms with Crippen LogP contribution in [-0.4, -0.2) is 16.0 Å². The van der Waals surface area contributed by atoms with Crippen molar-refractivity contribution in [3.63, 3.8) is 0 Å². The van der Waals surface area contributed by atoms with E-state index in [9.17, 15) is 18.0 Å². The van der Waals surface area contributed by atoms with Crippen LogP contribution < -0.4 is 0 Å². The maximum absolute atomic E-state index is 13.0. The highest BCUT2D eigenvalue weighted by Gasteiger charge is 2.49. The van der Waals surface area contributed by atoms with E-state index in [0.717, 1.165) is 6.92 Å². The van der Waals surface area contributed by atoms with Crippen molar-refractivity contribution in [2.75, 3.05) is 0 Å². The predicted octanol–water partition coefficient (Wildman–Crippen LogP) is 2.14. The van der Waals surface area contributed by atoms with Gasteiger partial charge in [0, 0.05) is 0 Å². The molecule has 0 aromatic heterocycles. The first-order valence-corrected chi connectivity index (χ1v) is 3.66. The van der Waals surface area contributed by atoms with Crippen molar-refractivity contribution in [1.82, 2.24) is 0 Å². The fourth-order valence-corrected chi connectivity index (χ4v) is 1.47. The van der Waals surface area contributed by atoms with Crippen molar-refractivity contribution < 1.29 is 18.0 Å². The lowest BCUT2D eigenvalue weighted by Crippen LogP contribution is -2.24. The van der Waals surface area contributed by atoms with Crippen molar-refractivity contribution in [3.8, 4) is 0 Å². The summed E-state index contributed by atoms with van der Waals surface area (Å²) in [6.07, 6.45) is 0.999. The second-order valence-corrected chi connectivity index (χ2v) is 3.54. The third kappa shape index (κ3) is 1.58. The number of Topliss-reactive ketones (excluding diaryl/α,β-unsaturated/α-hetero) is 1. The van der Waals surface area contributed by atoms with Crippen LogP contribution in [0.4, 0.5) is 13.2 Å². The van der Waals surface area contributed by atoms with E-state index in [0.29, 0.717) is 12.2 Å². The Bertz CT molecular complexity index is 226. The second kappa shape index (κ2) is 2.27. The largest absolute Gasteiger partial charge is 0.316 e. The van der Waals surface area contributed by atoms with Gasteiger partial charge in [0.1, 0.15) is 0 Å². The molecule has 0 aromatic carbocycles. The fraction of sp³-hybridized carbons (Fsp3) is 0.500. The zero-order chi connectivity index (χ0) is 8.70. The summed E-state index contributed by atoms with van der Waals surface area (Å²) in [5.41, 5.74) is 0. The predicted molar refractivity (Wildman–Crippen MR) is 36.2 cm³/mol. The van der Waals surface area contributed by atoms with E-state index in [1.54, 1.807) is 0 Å². The van der Waals surface area contributed by atoms with E-state index in [1.165, 1.54) is 0 Å². The Morgan fingerprint density at radius 1 is 1.36 bits per heavy atom. The zero-order valence-corrected chi connectivity index (χ0v) is 6.42. The van der Waals surface area contributed by atoms with E-state index < -0.39 is 16.0 Å². The van der Waals surface area contributed by atoms with Crippen molar-refractivity contribution in [2.45, 2.75) is 17.2 Å². The summed E-state index contributed by atoms with van der Waals surface area (Å²) >= 11 is -0.282. The first-order valence-electron chi connectivity index (χ1n) is 2.84. The monoisotopic (exact) mass is 182 g/mol. The first-order chi connectivity index (χ1) is 4.86. The smallest absolute Gasteiger partial charge is 0.295 e. The second-order valence-electron chi connectivity index (χ2n) is 2.20. The Labute approximate surface area is 65.6 Å². The van der Waals surface area contributed by atoms with E-state index >= 15 is 0 Å². The van der Waals surface area contributed by atoms with Gasteiger partial charge in [0.05, 0.1) is 0 Å². The molecule has 0 saturated heterocycles. The van der Waals surface area contributed by atoms with E-state index in [-0.39, 0.29) is 11.8 Å². The van der Waals surface area contributed by atoms with Gasteiger partial charge in [-0.2, -0.15) is 8.78 Å². The minimum atomic E-state index is -3.25.